The van der Waals surface area contributed by atoms with Gasteiger partial charge in [-0.25, -0.2) is 4.68 Å². The van der Waals surface area contributed by atoms with E-state index in [0.29, 0.717) is 11.0 Å². The quantitative estimate of drug-likeness (QED) is 0.785. The normalized spacial score (nSPS) is 17.0. The molecule has 0 spiro atoms. The Bertz CT molecular complexity index is 789. The largest absolute Gasteiger partial charge is 0.463 e. The van der Waals surface area contributed by atoms with E-state index in [1.54, 1.807) is 6.26 Å². The van der Waals surface area contributed by atoms with Gasteiger partial charge in [0.15, 0.2) is 0 Å². The molecule has 1 aliphatic rings. The Morgan fingerprint density at radius 1 is 1.19 bits per heavy atom. The summed E-state index contributed by atoms with van der Waals surface area (Å²) in [6.07, 6.45) is 5.24. The first-order valence-corrected chi connectivity index (χ1v) is 6.87. The van der Waals surface area contributed by atoms with Crippen LogP contribution < -0.4 is 5.32 Å². The lowest BCUT2D eigenvalue weighted by Crippen LogP contribution is -2.20. The summed E-state index contributed by atoms with van der Waals surface area (Å²) >= 11 is 5.96. The molecular formula is C15H11ClN4O. The third kappa shape index (κ3) is 2.11. The number of allylic oxidation sites excluding steroid dienone is 1. The van der Waals surface area contributed by atoms with Crippen LogP contribution in [0.2, 0.25) is 5.02 Å². The molecule has 2 aromatic heterocycles. The van der Waals surface area contributed by atoms with Crippen molar-refractivity contribution in [1.29, 1.82) is 0 Å². The van der Waals surface area contributed by atoms with Crippen LogP contribution in [0.3, 0.4) is 0 Å². The molecule has 0 unspecified atom stereocenters. The molecule has 104 valence electrons. The first-order chi connectivity index (χ1) is 10.3. The van der Waals surface area contributed by atoms with Crippen molar-refractivity contribution in [3.63, 3.8) is 0 Å². The minimum absolute atomic E-state index is 0.0545. The van der Waals surface area contributed by atoms with Crippen LogP contribution in [-0.4, -0.2) is 14.8 Å². The van der Waals surface area contributed by atoms with Crippen molar-refractivity contribution in [3.8, 4) is 0 Å². The fraction of sp³-hybridized carbons (Fsp3) is 0.0667. The molecule has 0 saturated heterocycles. The smallest absolute Gasteiger partial charge is 0.226 e. The number of nitrogens with one attached hydrogen (secondary N) is 1. The van der Waals surface area contributed by atoms with Crippen LogP contribution in [0.4, 0.5) is 5.95 Å². The van der Waals surface area contributed by atoms with Crippen LogP contribution in [0, 0.1) is 0 Å². The van der Waals surface area contributed by atoms with Gasteiger partial charge < -0.3 is 9.73 Å². The number of benzene rings is 1. The van der Waals surface area contributed by atoms with Crippen molar-refractivity contribution in [3.05, 3.63) is 71.4 Å². The standard InChI is InChI=1S/C15H11ClN4O/c16-11-5-3-10(4-6-11)13-8-12(14-2-1-7-21-14)19-15-17-9-18-20(13)15/h1-9,13H,(H,17,18,19)/t13-/m0/s1. The highest BCUT2D eigenvalue weighted by atomic mass is 35.5. The van der Waals surface area contributed by atoms with E-state index < -0.39 is 0 Å². The van der Waals surface area contributed by atoms with Gasteiger partial charge in [0.05, 0.1) is 12.0 Å². The molecule has 0 bridgehead atoms. The average molecular weight is 299 g/mol. The lowest BCUT2D eigenvalue weighted by molar-refractivity contribution is 0.547. The second-order valence-corrected chi connectivity index (χ2v) is 5.14. The topological polar surface area (TPSA) is 55.9 Å². The molecule has 6 heteroatoms. The number of fused-ring (bicyclic) bond motifs is 1. The second kappa shape index (κ2) is 4.79. The second-order valence-electron chi connectivity index (χ2n) is 4.71. The minimum Gasteiger partial charge on any atom is -0.463 e. The van der Waals surface area contributed by atoms with E-state index in [1.807, 2.05) is 41.1 Å². The van der Waals surface area contributed by atoms with Gasteiger partial charge in [-0.15, -0.1) is 0 Å². The molecule has 3 aromatic rings. The zero-order valence-corrected chi connectivity index (χ0v) is 11.7. The van der Waals surface area contributed by atoms with E-state index in [9.17, 15) is 0 Å². The van der Waals surface area contributed by atoms with Crippen molar-refractivity contribution in [1.82, 2.24) is 14.8 Å². The Morgan fingerprint density at radius 3 is 2.81 bits per heavy atom. The molecule has 1 atom stereocenters. The molecule has 3 heterocycles. The van der Waals surface area contributed by atoms with Crippen LogP contribution in [0.5, 0.6) is 0 Å². The summed E-state index contributed by atoms with van der Waals surface area (Å²) in [6.45, 7) is 0. The molecule has 1 N–H and O–H groups in total. The lowest BCUT2D eigenvalue weighted by Gasteiger charge is -2.23. The fourth-order valence-corrected chi connectivity index (χ4v) is 2.53. The molecule has 5 nitrogen and oxygen atoms in total. The monoisotopic (exact) mass is 298 g/mol. The van der Waals surface area contributed by atoms with Crippen LogP contribution >= 0.6 is 11.6 Å². The van der Waals surface area contributed by atoms with E-state index in [1.165, 1.54) is 6.33 Å². The number of halogens is 1. The predicted octanol–water partition coefficient (Wildman–Crippen LogP) is 3.58. The number of hydrogen-bond donors (Lipinski definition) is 1. The number of rotatable bonds is 2. The molecule has 0 amide bonds. The van der Waals surface area contributed by atoms with E-state index in [4.69, 9.17) is 16.0 Å². The first-order valence-electron chi connectivity index (χ1n) is 6.49. The molecule has 1 aliphatic heterocycles. The Balaban J connectivity index is 1.82. The Morgan fingerprint density at radius 2 is 2.05 bits per heavy atom. The van der Waals surface area contributed by atoms with Crippen molar-refractivity contribution in [2.45, 2.75) is 6.04 Å². The predicted molar refractivity (Wildman–Crippen MR) is 79.9 cm³/mol. The Hall–Kier alpha value is -2.53. The molecule has 1 aromatic carbocycles. The molecule has 0 fully saturated rings. The van der Waals surface area contributed by atoms with Gasteiger partial charge in [-0.05, 0) is 35.9 Å². The van der Waals surface area contributed by atoms with Gasteiger partial charge >= 0.3 is 0 Å². The van der Waals surface area contributed by atoms with E-state index in [0.717, 1.165) is 17.0 Å². The van der Waals surface area contributed by atoms with Gasteiger partial charge in [0.2, 0.25) is 5.95 Å². The summed E-state index contributed by atoms with van der Waals surface area (Å²) in [5.74, 6) is 1.45. The zero-order valence-electron chi connectivity index (χ0n) is 10.9. The maximum atomic E-state index is 5.96. The van der Waals surface area contributed by atoms with Gasteiger partial charge in [-0.3, -0.25) is 0 Å². The number of hydrogen-bond acceptors (Lipinski definition) is 4. The number of nitrogens with zero attached hydrogens (tertiary/aromatic N) is 3. The SMILES string of the molecule is Clc1ccc([C@@H]2C=C(c3ccco3)Nc3ncnn32)cc1. The van der Waals surface area contributed by atoms with Crippen molar-refractivity contribution >= 4 is 23.2 Å². The van der Waals surface area contributed by atoms with E-state index >= 15 is 0 Å². The van der Waals surface area contributed by atoms with Crippen molar-refractivity contribution < 1.29 is 4.42 Å². The van der Waals surface area contributed by atoms with Crippen LogP contribution in [0.25, 0.3) is 5.70 Å². The summed E-state index contributed by atoms with van der Waals surface area (Å²) < 4.78 is 7.29. The highest BCUT2D eigenvalue weighted by Gasteiger charge is 2.24. The van der Waals surface area contributed by atoms with Gasteiger partial charge in [-0.2, -0.15) is 10.1 Å². The maximum Gasteiger partial charge on any atom is 0.226 e. The van der Waals surface area contributed by atoms with Gasteiger partial charge in [0, 0.05) is 5.02 Å². The summed E-state index contributed by atoms with van der Waals surface area (Å²) in [4.78, 5) is 4.24. The lowest BCUT2D eigenvalue weighted by atomic mass is 10.0. The summed E-state index contributed by atoms with van der Waals surface area (Å²) in [7, 11) is 0. The average Bonchev–Trinajstić information content (AvgIpc) is 3.18. The fourth-order valence-electron chi connectivity index (χ4n) is 2.41. The zero-order chi connectivity index (χ0) is 14.2. The van der Waals surface area contributed by atoms with Crippen LogP contribution in [-0.2, 0) is 0 Å². The third-order valence-electron chi connectivity index (χ3n) is 3.41. The van der Waals surface area contributed by atoms with Gasteiger partial charge in [-0.1, -0.05) is 23.7 Å². The van der Waals surface area contributed by atoms with E-state index in [-0.39, 0.29) is 6.04 Å². The highest BCUT2D eigenvalue weighted by molar-refractivity contribution is 6.30. The summed E-state index contributed by atoms with van der Waals surface area (Å²) in [6, 6.07) is 11.4. The number of aromatic nitrogens is 3. The minimum atomic E-state index is -0.0545. The van der Waals surface area contributed by atoms with Gasteiger partial charge in [0.1, 0.15) is 18.1 Å². The molecule has 0 aliphatic carbocycles. The molecule has 21 heavy (non-hydrogen) atoms. The van der Waals surface area contributed by atoms with Crippen molar-refractivity contribution in [2.24, 2.45) is 0 Å². The maximum absolute atomic E-state index is 5.96. The van der Waals surface area contributed by atoms with Gasteiger partial charge in [0.25, 0.3) is 0 Å². The molecule has 0 saturated carbocycles. The van der Waals surface area contributed by atoms with Crippen LogP contribution in [0.1, 0.15) is 17.4 Å². The number of anilines is 1. The van der Waals surface area contributed by atoms with E-state index in [2.05, 4.69) is 21.5 Å². The summed E-state index contributed by atoms with van der Waals surface area (Å²) in [5, 5.41) is 8.22. The Labute approximate surface area is 125 Å². The number of furan rings is 1. The Kier molecular flexibility index (Phi) is 2.79. The molecular weight excluding hydrogens is 288 g/mol. The van der Waals surface area contributed by atoms with Crippen LogP contribution in [0.15, 0.2) is 59.5 Å². The summed E-state index contributed by atoms with van der Waals surface area (Å²) in [5.41, 5.74) is 1.96. The third-order valence-corrected chi connectivity index (χ3v) is 3.66. The van der Waals surface area contributed by atoms with Crippen molar-refractivity contribution in [2.75, 3.05) is 5.32 Å². The molecule has 0 radical (unpaired) electrons. The first kappa shape index (κ1) is 12.2. The molecule has 4 rings (SSSR count). The highest BCUT2D eigenvalue weighted by Crippen LogP contribution is 2.32.